The van der Waals surface area contributed by atoms with Gasteiger partial charge in [-0.15, -0.1) is 0 Å². The van der Waals surface area contributed by atoms with Gasteiger partial charge in [0, 0.05) is 11.3 Å². The minimum Gasteiger partial charge on any atom is -0.236 e. The molecule has 1 aromatic heterocycles. The van der Waals surface area contributed by atoms with Crippen molar-refractivity contribution in [3.05, 3.63) is 47.4 Å². The van der Waals surface area contributed by atoms with Gasteiger partial charge in [0.1, 0.15) is 11.2 Å². The summed E-state index contributed by atoms with van der Waals surface area (Å²) in [7, 11) is 0. The Hall–Kier alpha value is -2.21. The molecule has 0 aliphatic heterocycles. The zero-order valence-corrected chi connectivity index (χ0v) is 11.1. The molecule has 3 rings (SSSR count). The van der Waals surface area contributed by atoms with E-state index in [0.29, 0.717) is 5.82 Å². The molecule has 0 saturated heterocycles. The Morgan fingerprint density at radius 3 is 2.37 bits per heavy atom. The van der Waals surface area contributed by atoms with Gasteiger partial charge in [-0.2, -0.15) is 5.26 Å². The van der Waals surface area contributed by atoms with Crippen molar-refractivity contribution in [2.24, 2.45) is 0 Å². The fourth-order valence-corrected chi connectivity index (χ4v) is 2.17. The first-order chi connectivity index (χ1) is 9.13. The normalized spacial score (nSPS) is 15.8. The van der Waals surface area contributed by atoms with Crippen LogP contribution in [0.2, 0.25) is 0 Å². The standard InChI is InChI=1S/C16H15N3/c1-11-3-5-13(6-4-11)14-9-12(2)18-15(19-14)16(10-17)7-8-16/h3-6,9H,7-8H2,1-2H3. The predicted molar refractivity (Wildman–Crippen MR) is 73.5 cm³/mol. The molecule has 1 aromatic carbocycles. The molecule has 19 heavy (non-hydrogen) atoms. The van der Waals surface area contributed by atoms with Gasteiger partial charge < -0.3 is 0 Å². The molecule has 2 aromatic rings. The van der Waals surface area contributed by atoms with Crippen molar-refractivity contribution in [2.45, 2.75) is 32.1 Å². The van der Waals surface area contributed by atoms with E-state index in [9.17, 15) is 5.26 Å². The van der Waals surface area contributed by atoms with Crippen molar-refractivity contribution in [1.29, 1.82) is 5.26 Å². The highest BCUT2D eigenvalue weighted by Gasteiger charge is 2.48. The molecule has 1 aliphatic carbocycles. The summed E-state index contributed by atoms with van der Waals surface area (Å²) in [4.78, 5) is 9.05. The number of rotatable bonds is 2. The van der Waals surface area contributed by atoms with Crippen LogP contribution >= 0.6 is 0 Å². The smallest absolute Gasteiger partial charge is 0.149 e. The maximum Gasteiger partial charge on any atom is 0.149 e. The molecule has 1 saturated carbocycles. The number of hydrogen-bond donors (Lipinski definition) is 0. The van der Waals surface area contributed by atoms with Crippen LogP contribution in [0, 0.1) is 25.2 Å². The Morgan fingerprint density at radius 2 is 1.79 bits per heavy atom. The number of nitriles is 1. The minimum atomic E-state index is -0.425. The molecule has 0 radical (unpaired) electrons. The number of aromatic nitrogens is 2. The van der Waals surface area contributed by atoms with Crippen molar-refractivity contribution in [3.8, 4) is 17.3 Å². The Balaban J connectivity index is 2.08. The molecule has 0 N–H and O–H groups in total. The van der Waals surface area contributed by atoms with Crippen LogP contribution in [0.4, 0.5) is 0 Å². The van der Waals surface area contributed by atoms with Crippen molar-refractivity contribution >= 4 is 0 Å². The maximum absolute atomic E-state index is 9.27. The van der Waals surface area contributed by atoms with Gasteiger partial charge in [0.25, 0.3) is 0 Å². The Labute approximate surface area is 113 Å². The quantitative estimate of drug-likeness (QED) is 0.820. The van der Waals surface area contributed by atoms with Gasteiger partial charge in [0.2, 0.25) is 0 Å². The summed E-state index contributed by atoms with van der Waals surface area (Å²) in [6, 6.07) is 12.6. The van der Waals surface area contributed by atoms with E-state index >= 15 is 0 Å². The molecule has 3 nitrogen and oxygen atoms in total. The third-order valence-corrected chi connectivity index (χ3v) is 3.59. The molecule has 1 fully saturated rings. The molecule has 0 bridgehead atoms. The van der Waals surface area contributed by atoms with E-state index in [2.05, 4.69) is 47.2 Å². The van der Waals surface area contributed by atoms with Gasteiger partial charge in [-0.3, -0.25) is 0 Å². The first kappa shape index (κ1) is 11.9. The predicted octanol–water partition coefficient (Wildman–Crippen LogP) is 3.32. The lowest BCUT2D eigenvalue weighted by Gasteiger charge is -2.09. The Bertz CT molecular complexity index is 661. The lowest BCUT2D eigenvalue weighted by atomic mass is 10.1. The van der Waals surface area contributed by atoms with Gasteiger partial charge >= 0.3 is 0 Å². The third-order valence-electron chi connectivity index (χ3n) is 3.59. The van der Waals surface area contributed by atoms with E-state index in [1.54, 1.807) is 0 Å². The average molecular weight is 249 g/mol. The molecule has 0 unspecified atom stereocenters. The van der Waals surface area contributed by atoms with Gasteiger partial charge in [-0.05, 0) is 32.8 Å². The summed E-state index contributed by atoms with van der Waals surface area (Å²) in [6.07, 6.45) is 1.75. The average Bonchev–Trinajstić information content (AvgIpc) is 3.20. The summed E-state index contributed by atoms with van der Waals surface area (Å²) in [5.41, 5.74) is 3.70. The number of nitrogens with zero attached hydrogens (tertiary/aromatic N) is 3. The molecular weight excluding hydrogens is 234 g/mol. The second-order valence-electron chi connectivity index (χ2n) is 5.28. The van der Waals surface area contributed by atoms with Crippen LogP contribution in [0.25, 0.3) is 11.3 Å². The molecular formula is C16H15N3. The van der Waals surface area contributed by atoms with E-state index in [1.165, 1.54) is 5.56 Å². The monoisotopic (exact) mass is 249 g/mol. The van der Waals surface area contributed by atoms with Crippen molar-refractivity contribution in [2.75, 3.05) is 0 Å². The topological polar surface area (TPSA) is 49.6 Å². The van der Waals surface area contributed by atoms with E-state index in [0.717, 1.165) is 29.8 Å². The largest absolute Gasteiger partial charge is 0.236 e. The second-order valence-corrected chi connectivity index (χ2v) is 5.28. The minimum absolute atomic E-state index is 0.425. The number of benzene rings is 1. The van der Waals surface area contributed by atoms with Gasteiger partial charge in [-0.25, -0.2) is 9.97 Å². The Morgan fingerprint density at radius 1 is 1.11 bits per heavy atom. The van der Waals surface area contributed by atoms with Crippen LogP contribution in [0.1, 0.15) is 29.9 Å². The van der Waals surface area contributed by atoms with Crippen molar-refractivity contribution in [3.63, 3.8) is 0 Å². The Kier molecular flexibility index (Phi) is 2.60. The lowest BCUT2D eigenvalue weighted by molar-refractivity contribution is 0.789. The number of hydrogen-bond acceptors (Lipinski definition) is 3. The molecule has 3 heteroatoms. The van der Waals surface area contributed by atoms with Crippen molar-refractivity contribution in [1.82, 2.24) is 9.97 Å². The second kappa shape index (κ2) is 4.17. The van der Waals surface area contributed by atoms with Gasteiger partial charge in [0.05, 0.1) is 11.8 Å². The first-order valence-corrected chi connectivity index (χ1v) is 6.47. The third kappa shape index (κ3) is 2.10. The first-order valence-electron chi connectivity index (χ1n) is 6.47. The molecule has 0 amide bonds. The summed E-state index contributed by atoms with van der Waals surface area (Å²) in [5, 5.41) is 9.27. The fourth-order valence-electron chi connectivity index (χ4n) is 2.17. The molecule has 94 valence electrons. The summed E-state index contributed by atoms with van der Waals surface area (Å²) in [6.45, 7) is 4.02. The van der Waals surface area contributed by atoms with Crippen LogP contribution in [-0.2, 0) is 5.41 Å². The molecule has 1 heterocycles. The van der Waals surface area contributed by atoms with Crippen LogP contribution in [-0.4, -0.2) is 9.97 Å². The van der Waals surface area contributed by atoms with Crippen LogP contribution in [0.3, 0.4) is 0 Å². The van der Waals surface area contributed by atoms with E-state index in [1.807, 2.05) is 13.0 Å². The van der Waals surface area contributed by atoms with E-state index < -0.39 is 5.41 Å². The SMILES string of the molecule is Cc1ccc(-c2cc(C)nc(C3(C#N)CC3)n2)cc1. The lowest BCUT2D eigenvalue weighted by Crippen LogP contribution is -2.10. The molecule has 0 atom stereocenters. The van der Waals surface area contributed by atoms with Crippen LogP contribution in [0.5, 0.6) is 0 Å². The van der Waals surface area contributed by atoms with E-state index in [4.69, 9.17) is 0 Å². The van der Waals surface area contributed by atoms with E-state index in [-0.39, 0.29) is 0 Å². The van der Waals surface area contributed by atoms with Gasteiger partial charge in [-0.1, -0.05) is 29.8 Å². The van der Waals surface area contributed by atoms with Crippen LogP contribution in [0.15, 0.2) is 30.3 Å². The maximum atomic E-state index is 9.27. The fraction of sp³-hybridized carbons (Fsp3) is 0.312. The highest BCUT2D eigenvalue weighted by molar-refractivity contribution is 5.60. The zero-order chi connectivity index (χ0) is 13.5. The summed E-state index contributed by atoms with van der Waals surface area (Å²) in [5.74, 6) is 0.686. The van der Waals surface area contributed by atoms with Crippen LogP contribution < -0.4 is 0 Å². The molecule has 1 aliphatic rings. The summed E-state index contributed by atoms with van der Waals surface area (Å²) >= 11 is 0. The highest BCUT2D eigenvalue weighted by Crippen LogP contribution is 2.46. The molecule has 0 spiro atoms. The highest BCUT2D eigenvalue weighted by atomic mass is 14.9. The van der Waals surface area contributed by atoms with Gasteiger partial charge in [0.15, 0.2) is 0 Å². The zero-order valence-electron chi connectivity index (χ0n) is 11.1. The summed E-state index contributed by atoms with van der Waals surface area (Å²) < 4.78 is 0. The van der Waals surface area contributed by atoms with Crippen molar-refractivity contribution < 1.29 is 0 Å². The number of aryl methyl sites for hydroxylation is 2.